The molecule has 0 spiro atoms. The topological polar surface area (TPSA) is 223 Å². The number of hydrogen-bond donors (Lipinski definition) is 6. The monoisotopic (exact) mass is 481 g/mol. The fraction of sp³-hybridized carbons (Fsp3) is 0.550. The van der Waals surface area contributed by atoms with Crippen LogP contribution >= 0.6 is 0 Å². The quantitative estimate of drug-likeness (QED) is 0.111. The minimum atomic E-state index is -1.05. The number of nitrogens with zero attached hydrogens (tertiary/aromatic N) is 1. The molecule has 1 aliphatic rings. The summed E-state index contributed by atoms with van der Waals surface area (Å²) in [5.41, 5.74) is 10.00. The van der Waals surface area contributed by atoms with E-state index in [1.54, 1.807) is 0 Å². The van der Waals surface area contributed by atoms with Gasteiger partial charge in [-0.25, -0.2) is 9.59 Å². The molecule has 0 bridgehead atoms. The minimum absolute atomic E-state index is 0.120. The predicted molar refractivity (Wildman–Crippen MR) is 119 cm³/mol. The van der Waals surface area contributed by atoms with E-state index >= 15 is 0 Å². The molecule has 8 amide bonds. The van der Waals surface area contributed by atoms with Crippen LogP contribution in [0, 0.1) is 0 Å². The normalized spacial score (nSPS) is 14.3. The Morgan fingerprint density at radius 2 is 1.35 bits per heavy atom. The molecule has 8 N–H and O–H groups in total. The first-order chi connectivity index (χ1) is 16.0. The molecule has 1 aliphatic heterocycles. The molecule has 0 aliphatic carbocycles. The second-order valence-electron chi connectivity index (χ2n) is 7.57. The zero-order valence-electron chi connectivity index (χ0n) is 18.9. The summed E-state index contributed by atoms with van der Waals surface area (Å²) in [6.45, 7) is 1.52. The highest BCUT2D eigenvalue weighted by molar-refractivity contribution is 6.13. The average molecular weight is 482 g/mol. The van der Waals surface area contributed by atoms with Crippen LogP contribution in [0.1, 0.15) is 39.0 Å². The lowest BCUT2D eigenvalue weighted by atomic mass is 10.1. The fourth-order valence-electron chi connectivity index (χ4n) is 3.09. The summed E-state index contributed by atoms with van der Waals surface area (Å²) in [5, 5.41) is 9.88. The van der Waals surface area contributed by atoms with Crippen molar-refractivity contribution in [2.24, 2.45) is 11.5 Å². The number of hydrogen-bond acceptors (Lipinski definition) is 7. The van der Waals surface area contributed by atoms with Gasteiger partial charge < -0.3 is 32.7 Å². The van der Waals surface area contributed by atoms with Gasteiger partial charge >= 0.3 is 12.1 Å². The lowest BCUT2D eigenvalue weighted by molar-refractivity contribution is -0.137. The van der Waals surface area contributed by atoms with E-state index in [1.165, 1.54) is 6.92 Å². The molecular formula is C20H31N7O7. The van der Waals surface area contributed by atoms with Crippen molar-refractivity contribution >= 4 is 41.5 Å². The zero-order valence-corrected chi connectivity index (χ0v) is 18.9. The third-order valence-corrected chi connectivity index (χ3v) is 4.86. The number of rotatable bonds is 15. The molecule has 188 valence electrons. The van der Waals surface area contributed by atoms with E-state index < -0.39 is 47.8 Å². The van der Waals surface area contributed by atoms with Crippen LogP contribution in [0.4, 0.5) is 9.59 Å². The molecule has 0 saturated carbocycles. The summed E-state index contributed by atoms with van der Waals surface area (Å²) < 4.78 is 0. The lowest BCUT2D eigenvalue weighted by Crippen LogP contribution is -2.52. The smallest absolute Gasteiger partial charge is 0.312 e. The molecule has 14 nitrogen and oxygen atoms in total. The molecule has 1 unspecified atom stereocenters. The van der Waals surface area contributed by atoms with Crippen molar-refractivity contribution in [3.63, 3.8) is 0 Å². The van der Waals surface area contributed by atoms with E-state index in [2.05, 4.69) is 21.3 Å². The van der Waals surface area contributed by atoms with Crippen LogP contribution in [-0.4, -0.2) is 78.1 Å². The van der Waals surface area contributed by atoms with Crippen molar-refractivity contribution < 1.29 is 33.6 Å². The Bertz CT molecular complexity index is 825. The highest BCUT2D eigenvalue weighted by Gasteiger charge is 2.27. The standard InChI is InChI=1S/C20H31N7O7/c1-12(28)13(4-2-9-23-19(21)33)26-18(32)14(5-3-10-24-20(22)34)25-15(29)8-11-27-16(30)6-7-17(27)31/h6-7,13-14H,2-5,8-11H2,1H3,(H,25,29)(H,26,32)(H3,21,23,33)(H3,22,24,34)/t13?,14-/m0/s1. The van der Waals surface area contributed by atoms with Gasteiger partial charge in [0.2, 0.25) is 11.8 Å². The van der Waals surface area contributed by atoms with Gasteiger partial charge in [0.05, 0.1) is 6.04 Å². The number of ketones is 1. The van der Waals surface area contributed by atoms with Gasteiger partial charge in [0.1, 0.15) is 6.04 Å². The Kier molecular flexibility index (Phi) is 11.7. The lowest BCUT2D eigenvalue weighted by Gasteiger charge is -2.23. The van der Waals surface area contributed by atoms with Crippen LogP contribution in [-0.2, 0) is 24.0 Å². The Morgan fingerprint density at radius 1 is 0.853 bits per heavy atom. The first-order valence-electron chi connectivity index (χ1n) is 10.7. The largest absolute Gasteiger partial charge is 0.352 e. The van der Waals surface area contributed by atoms with Crippen molar-refractivity contribution in [3.05, 3.63) is 12.2 Å². The summed E-state index contributed by atoms with van der Waals surface area (Å²) in [6, 6.07) is -3.34. The van der Waals surface area contributed by atoms with E-state index in [4.69, 9.17) is 11.5 Å². The van der Waals surface area contributed by atoms with E-state index in [-0.39, 0.29) is 44.7 Å². The van der Waals surface area contributed by atoms with Crippen molar-refractivity contribution in [2.75, 3.05) is 19.6 Å². The van der Waals surface area contributed by atoms with Gasteiger partial charge in [-0.3, -0.25) is 28.9 Å². The summed E-state index contributed by atoms with van der Waals surface area (Å²) in [4.78, 5) is 82.8. The van der Waals surface area contributed by atoms with Gasteiger partial charge in [-0.05, 0) is 32.6 Å². The number of carbonyl (C=O) groups is 7. The Hall–Kier alpha value is -3.97. The molecule has 0 saturated heterocycles. The molecular weight excluding hydrogens is 450 g/mol. The average Bonchev–Trinajstić information content (AvgIpc) is 3.07. The van der Waals surface area contributed by atoms with Gasteiger partial charge in [0, 0.05) is 38.2 Å². The van der Waals surface area contributed by atoms with Crippen LogP contribution in [0.15, 0.2) is 12.2 Å². The molecule has 0 radical (unpaired) electrons. The summed E-state index contributed by atoms with van der Waals surface area (Å²) in [5.74, 6) is -2.57. The highest BCUT2D eigenvalue weighted by atomic mass is 16.2. The minimum Gasteiger partial charge on any atom is -0.352 e. The maximum atomic E-state index is 12.8. The maximum Gasteiger partial charge on any atom is 0.312 e. The number of Topliss-reactive ketones (excluding diaryl/α,β-unsaturated/α-hetero) is 1. The second-order valence-corrected chi connectivity index (χ2v) is 7.57. The van der Waals surface area contributed by atoms with E-state index in [0.717, 1.165) is 17.1 Å². The molecule has 1 rings (SSSR count). The van der Waals surface area contributed by atoms with Crippen LogP contribution in [0.2, 0.25) is 0 Å². The fourth-order valence-corrected chi connectivity index (χ4v) is 3.09. The molecule has 34 heavy (non-hydrogen) atoms. The highest BCUT2D eigenvalue weighted by Crippen LogP contribution is 2.06. The van der Waals surface area contributed by atoms with Gasteiger partial charge in [0.15, 0.2) is 5.78 Å². The number of primary amides is 2. The summed E-state index contributed by atoms with van der Waals surface area (Å²) >= 11 is 0. The van der Waals surface area contributed by atoms with E-state index in [0.29, 0.717) is 12.8 Å². The first-order valence-corrected chi connectivity index (χ1v) is 10.7. The van der Waals surface area contributed by atoms with E-state index in [9.17, 15) is 33.6 Å². The molecule has 0 aromatic heterocycles. The zero-order chi connectivity index (χ0) is 25.7. The van der Waals surface area contributed by atoms with Gasteiger partial charge in [-0.1, -0.05) is 0 Å². The van der Waals surface area contributed by atoms with Crippen molar-refractivity contribution in [1.82, 2.24) is 26.2 Å². The molecule has 2 atom stereocenters. The van der Waals surface area contributed by atoms with Crippen molar-refractivity contribution in [3.8, 4) is 0 Å². The van der Waals surface area contributed by atoms with Crippen LogP contribution in [0.25, 0.3) is 0 Å². The molecule has 0 aromatic rings. The van der Waals surface area contributed by atoms with Crippen LogP contribution < -0.4 is 32.7 Å². The SMILES string of the molecule is CC(=O)C(CCCNC(N)=O)NC(=O)[C@H](CCCNC(N)=O)NC(=O)CCN1C(=O)C=CC1=O. The van der Waals surface area contributed by atoms with E-state index in [1.807, 2.05) is 0 Å². The number of urea groups is 2. The van der Waals surface area contributed by atoms with Crippen molar-refractivity contribution in [2.45, 2.75) is 51.1 Å². The molecule has 0 aromatic carbocycles. The van der Waals surface area contributed by atoms with Crippen molar-refractivity contribution in [1.29, 1.82) is 0 Å². The third kappa shape index (κ3) is 10.6. The number of carbonyl (C=O) groups excluding carboxylic acids is 7. The maximum absolute atomic E-state index is 12.8. The summed E-state index contributed by atoms with van der Waals surface area (Å²) in [6.07, 6.45) is 3.00. The number of nitrogens with two attached hydrogens (primary N) is 2. The van der Waals surface area contributed by atoms with Gasteiger partial charge in [0.25, 0.3) is 11.8 Å². The number of imide groups is 1. The van der Waals surface area contributed by atoms with Crippen LogP contribution in [0.3, 0.4) is 0 Å². The number of nitrogens with one attached hydrogen (secondary N) is 4. The second kappa shape index (κ2) is 14.2. The molecule has 0 fully saturated rings. The van der Waals surface area contributed by atoms with Crippen LogP contribution in [0.5, 0.6) is 0 Å². The third-order valence-electron chi connectivity index (χ3n) is 4.86. The Labute approximate surface area is 196 Å². The molecule has 1 heterocycles. The number of amides is 8. The first kappa shape index (κ1) is 28.1. The predicted octanol–water partition coefficient (Wildman–Crippen LogP) is -2.24. The van der Waals surface area contributed by atoms with Gasteiger partial charge in [-0.15, -0.1) is 0 Å². The Balaban J connectivity index is 2.70. The molecule has 14 heteroatoms. The van der Waals surface area contributed by atoms with Gasteiger partial charge in [-0.2, -0.15) is 0 Å². The Morgan fingerprint density at radius 3 is 1.82 bits per heavy atom. The summed E-state index contributed by atoms with van der Waals surface area (Å²) in [7, 11) is 0.